The van der Waals surface area contributed by atoms with Gasteiger partial charge in [0.1, 0.15) is 13.2 Å². The second kappa shape index (κ2) is 67.1. The quantitative estimate of drug-likeness (QED) is 0.0261. The van der Waals surface area contributed by atoms with Gasteiger partial charge in [-0.15, -0.1) is 0 Å². The second-order valence-corrected chi connectivity index (χ2v) is 23.8. The number of unbranched alkanes of at least 4 members (excludes halogenated alkanes) is 48. The first-order chi connectivity index (χ1) is 38.5. The Bertz CT molecular complexity index is 1300. The molecule has 0 fully saturated rings. The van der Waals surface area contributed by atoms with Crippen LogP contribution in [0, 0.1) is 0 Å². The first-order valence-electron chi connectivity index (χ1n) is 35.0. The van der Waals surface area contributed by atoms with Gasteiger partial charge in [0.15, 0.2) is 6.10 Å². The van der Waals surface area contributed by atoms with Crippen LogP contribution in [0.25, 0.3) is 0 Å². The van der Waals surface area contributed by atoms with E-state index in [-0.39, 0.29) is 31.1 Å². The zero-order valence-electron chi connectivity index (χ0n) is 52.7. The summed E-state index contributed by atoms with van der Waals surface area (Å²) >= 11 is 0. The van der Waals surface area contributed by atoms with Gasteiger partial charge < -0.3 is 14.2 Å². The van der Waals surface area contributed by atoms with Gasteiger partial charge in [0.05, 0.1) is 0 Å². The SMILES string of the molecule is CCCCCCC/C=C\C/C=C\CCCCCCCCCCCC(=O)OC(COC(=O)CCCCCCCCCC)COC(=O)CCCCCCCCCCCCCCCCCCCCC/C=C\CCCCCCCCCC. The Kier molecular flexibility index (Phi) is 65.1. The monoisotopic (exact) mass is 1100 g/mol. The summed E-state index contributed by atoms with van der Waals surface area (Å²) in [5.41, 5.74) is 0. The molecular weight excluding hydrogens is 961 g/mol. The number of ether oxygens (including phenoxy) is 3. The van der Waals surface area contributed by atoms with Crippen molar-refractivity contribution in [2.45, 2.75) is 393 Å². The predicted molar refractivity (Wildman–Crippen MR) is 339 cm³/mol. The summed E-state index contributed by atoms with van der Waals surface area (Å²) < 4.78 is 16.9. The summed E-state index contributed by atoms with van der Waals surface area (Å²) in [5.74, 6) is -0.853. The minimum Gasteiger partial charge on any atom is -0.462 e. The van der Waals surface area contributed by atoms with Crippen LogP contribution in [0.2, 0.25) is 0 Å². The maximum Gasteiger partial charge on any atom is 0.306 e. The van der Waals surface area contributed by atoms with Crippen LogP contribution < -0.4 is 0 Å². The lowest BCUT2D eigenvalue weighted by Gasteiger charge is -2.18. The standard InChI is InChI=1S/C72H134O6/c1-4-7-10-13-16-19-21-23-25-27-29-31-32-33-34-35-36-37-38-39-40-42-43-45-47-49-51-53-56-59-62-65-71(74)77-68-69(67-76-70(73)64-61-58-55-18-15-12-9-6-3)78-72(75)66-63-60-57-54-52-50-48-46-44-41-30-28-26-24-22-20-17-14-11-8-5-2/h22,24,27-30,69H,4-21,23,25-26,31-68H2,1-3H3/b24-22-,29-27-,30-28-. The molecule has 0 spiro atoms. The number of esters is 3. The van der Waals surface area contributed by atoms with E-state index < -0.39 is 6.10 Å². The summed E-state index contributed by atoms with van der Waals surface area (Å²) in [6, 6.07) is 0. The zero-order chi connectivity index (χ0) is 56.4. The van der Waals surface area contributed by atoms with Crippen molar-refractivity contribution in [2.75, 3.05) is 13.2 Å². The third-order valence-corrected chi connectivity index (χ3v) is 15.9. The van der Waals surface area contributed by atoms with E-state index in [1.807, 2.05) is 0 Å². The van der Waals surface area contributed by atoms with E-state index in [4.69, 9.17) is 14.2 Å². The zero-order valence-corrected chi connectivity index (χ0v) is 52.7. The van der Waals surface area contributed by atoms with Gasteiger partial charge in [-0.05, 0) is 77.0 Å². The molecule has 0 bridgehead atoms. The van der Waals surface area contributed by atoms with Crippen molar-refractivity contribution in [3.63, 3.8) is 0 Å². The molecule has 78 heavy (non-hydrogen) atoms. The minimum atomic E-state index is -0.770. The minimum absolute atomic E-state index is 0.0688. The number of carbonyl (C=O) groups is 3. The Balaban J connectivity index is 4.04. The fourth-order valence-corrected chi connectivity index (χ4v) is 10.6. The molecule has 0 saturated heterocycles. The highest BCUT2D eigenvalue weighted by molar-refractivity contribution is 5.71. The van der Waals surface area contributed by atoms with Crippen LogP contribution in [0.4, 0.5) is 0 Å². The summed E-state index contributed by atoms with van der Waals surface area (Å²) in [7, 11) is 0. The summed E-state index contributed by atoms with van der Waals surface area (Å²) in [5, 5.41) is 0. The van der Waals surface area contributed by atoms with Crippen LogP contribution >= 0.6 is 0 Å². The highest BCUT2D eigenvalue weighted by Crippen LogP contribution is 2.18. The molecule has 0 aliphatic carbocycles. The molecule has 0 radical (unpaired) electrons. The van der Waals surface area contributed by atoms with E-state index in [1.54, 1.807) is 0 Å². The molecule has 0 aromatic heterocycles. The van der Waals surface area contributed by atoms with Crippen molar-refractivity contribution < 1.29 is 28.6 Å². The van der Waals surface area contributed by atoms with Gasteiger partial charge in [-0.3, -0.25) is 14.4 Å². The average molecular weight is 1100 g/mol. The fraction of sp³-hybridized carbons (Fsp3) is 0.875. The molecule has 6 nitrogen and oxygen atoms in total. The summed E-state index contributed by atoms with van der Waals surface area (Å²) in [6.07, 6.45) is 83.4. The Hall–Kier alpha value is -2.37. The van der Waals surface area contributed by atoms with Crippen LogP contribution in [0.5, 0.6) is 0 Å². The van der Waals surface area contributed by atoms with Gasteiger partial charge >= 0.3 is 17.9 Å². The topological polar surface area (TPSA) is 78.9 Å². The lowest BCUT2D eigenvalue weighted by atomic mass is 10.0. The number of hydrogen-bond acceptors (Lipinski definition) is 6. The molecule has 6 heteroatoms. The van der Waals surface area contributed by atoms with Crippen LogP contribution in [0.3, 0.4) is 0 Å². The Morgan fingerprint density at radius 2 is 0.462 bits per heavy atom. The third-order valence-electron chi connectivity index (χ3n) is 15.9. The third kappa shape index (κ3) is 64.5. The Morgan fingerprint density at radius 1 is 0.256 bits per heavy atom. The van der Waals surface area contributed by atoms with Gasteiger partial charge in [-0.2, -0.15) is 0 Å². The van der Waals surface area contributed by atoms with Crippen LogP contribution in [-0.4, -0.2) is 37.2 Å². The van der Waals surface area contributed by atoms with Crippen molar-refractivity contribution in [2.24, 2.45) is 0 Å². The predicted octanol–water partition coefficient (Wildman–Crippen LogP) is 23.9. The number of hydrogen-bond donors (Lipinski definition) is 0. The van der Waals surface area contributed by atoms with E-state index in [2.05, 4.69) is 57.2 Å². The first-order valence-corrected chi connectivity index (χ1v) is 35.0. The number of allylic oxidation sites excluding steroid dienone is 6. The Labute approximate surface area is 486 Å². The Morgan fingerprint density at radius 3 is 0.718 bits per heavy atom. The normalized spacial score (nSPS) is 12.2. The van der Waals surface area contributed by atoms with Gasteiger partial charge in [-0.25, -0.2) is 0 Å². The second-order valence-electron chi connectivity index (χ2n) is 23.8. The molecule has 1 atom stereocenters. The smallest absolute Gasteiger partial charge is 0.306 e. The van der Waals surface area contributed by atoms with Crippen LogP contribution in [0.1, 0.15) is 387 Å². The van der Waals surface area contributed by atoms with E-state index in [0.29, 0.717) is 19.3 Å². The lowest BCUT2D eigenvalue weighted by Crippen LogP contribution is -2.30. The van der Waals surface area contributed by atoms with E-state index in [9.17, 15) is 14.4 Å². The van der Waals surface area contributed by atoms with Crippen LogP contribution in [0.15, 0.2) is 36.5 Å². The van der Waals surface area contributed by atoms with Gasteiger partial charge in [0.25, 0.3) is 0 Å². The highest BCUT2D eigenvalue weighted by atomic mass is 16.6. The maximum absolute atomic E-state index is 12.9. The van der Waals surface area contributed by atoms with E-state index >= 15 is 0 Å². The van der Waals surface area contributed by atoms with E-state index in [1.165, 1.54) is 283 Å². The molecule has 0 heterocycles. The van der Waals surface area contributed by atoms with Crippen LogP contribution in [-0.2, 0) is 28.6 Å². The molecular formula is C72H134O6. The average Bonchev–Trinajstić information content (AvgIpc) is 3.44. The molecule has 0 aliphatic heterocycles. The highest BCUT2D eigenvalue weighted by Gasteiger charge is 2.19. The van der Waals surface area contributed by atoms with Gasteiger partial charge in [0, 0.05) is 19.3 Å². The molecule has 1 unspecified atom stereocenters. The van der Waals surface area contributed by atoms with Crippen molar-refractivity contribution >= 4 is 17.9 Å². The maximum atomic E-state index is 12.9. The molecule has 0 amide bonds. The summed E-state index contributed by atoms with van der Waals surface area (Å²) in [4.78, 5) is 38.2. The van der Waals surface area contributed by atoms with Crippen molar-refractivity contribution in [1.82, 2.24) is 0 Å². The first kappa shape index (κ1) is 75.6. The largest absolute Gasteiger partial charge is 0.462 e. The number of rotatable bonds is 65. The molecule has 0 saturated carbocycles. The van der Waals surface area contributed by atoms with E-state index in [0.717, 1.165) is 64.2 Å². The molecule has 0 rings (SSSR count). The van der Waals surface area contributed by atoms with Crippen molar-refractivity contribution in [3.8, 4) is 0 Å². The van der Waals surface area contributed by atoms with Crippen molar-refractivity contribution in [3.05, 3.63) is 36.5 Å². The van der Waals surface area contributed by atoms with Crippen molar-refractivity contribution in [1.29, 1.82) is 0 Å². The molecule has 458 valence electrons. The number of carbonyl (C=O) groups excluding carboxylic acids is 3. The molecule has 0 aromatic rings. The fourth-order valence-electron chi connectivity index (χ4n) is 10.6. The lowest BCUT2D eigenvalue weighted by molar-refractivity contribution is -0.167. The molecule has 0 N–H and O–H groups in total. The molecule has 0 aliphatic rings. The molecule has 0 aromatic carbocycles. The van der Waals surface area contributed by atoms with Gasteiger partial charge in [0.2, 0.25) is 0 Å². The van der Waals surface area contributed by atoms with Gasteiger partial charge in [-0.1, -0.05) is 327 Å². The summed E-state index contributed by atoms with van der Waals surface area (Å²) in [6.45, 7) is 6.66.